The van der Waals surface area contributed by atoms with Gasteiger partial charge in [-0.3, -0.25) is 0 Å². The lowest BCUT2D eigenvalue weighted by Gasteiger charge is -2.06. The lowest BCUT2D eigenvalue weighted by atomic mass is 10.1. The molecule has 152 valence electrons. The first-order valence-corrected chi connectivity index (χ1v) is 9.69. The summed E-state index contributed by atoms with van der Waals surface area (Å²) in [6.45, 7) is 2.42. The summed E-state index contributed by atoms with van der Waals surface area (Å²) < 4.78 is 10.9. The van der Waals surface area contributed by atoms with Crippen LogP contribution >= 0.6 is 0 Å². The van der Waals surface area contributed by atoms with Crippen molar-refractivity contribution in [1.29, 1.82) is 0 Å². The van der Waals surface area contributed by atoms with Gasteiger partial charge in [-0.15, -0.1) is 0 Å². The number of benzene rings is 1. The molecule has 1 aliphatic heterocycles. The molecule has 0 atom stereocenters. The SMILES string of the molecule is CCOC(=O)c1c(NCCc2ccccc2)oc(C=C2C=Nc3ncccc32)c1O. The van der Waals surface area contributed by atoms with Gasteiger partial charge in [0, 0.05) is 30.1 Å². The summed E-state index contributed by atoms with van der Waals surface area (Å²) in [5.74, 6) is 0.0109. The van der Waals surface area contributed by atoms with E-state index in [1.807, 2.05) is 42.5 Å². The molecule has 2 aromatic heterocycles. The number of hydrogen-bond donors (Lipinski definition) is 2. The number of ether oxygens (including phenoxy) is 1. The summed E-state index contributed by atoms with van der Waals surface area (Å²) in [7, 11) is 0. The van der Waals surface area contributed by atoms with Crippen LogP contribution in [0, 0.1) is 0 Å². The minimum absolute atomic E-state index is 0.0156. The normalized spacial score (nSPS) is 13.4. The quantitative estimate of drug-likeness (QED) is 0.565. The zero-order valence-electron chi connectivity index (χ0n) is 16.5. The Balaban J connectivity index is 1.62. The maximum Gasteiger partial charge on any atom is 0.347 e. The summed E-state index contributed by atoms with van der Waals surface area (Å²) >= 11 is 0. The fourth-order valence-corrected chi connectivity index (χ4v) is 3.20. The first kappa shape index (κ1) is 19.4. The number of aromatic hydroxyl groups is 1. The third-order valence-electron chi connectivity index (χ3n) is 4.64. The molecule has 2 N–H and O–H groups in total. The average Bonchev–Trinajstić information content (AvgIpc) is 3.30. The van der Waals surface area contributed by atoms with Gasteiger partial charge in [-0.2, -0.15) is 0 Å². The van der Waals surface area contributed by atoms with Gasteiger partial charge < -0.3 is 19.6 Å². The second kappa shape index (κ2) is 8.65. The summed E-state index contributed by atoms with van der Waals surface area (Å²) in [5.41, 5.74) is 2.68. The molecule has 4 rings (SSSR count). The zero-order chi connectivity index (χ0) is 20.9. The van der Waals surface area contributed by atoms with E-state index in [-0.39, 0.29) is 29.6 Å². The standard InChI is InChI=1S/C23H21N3O4/c1-2-29-23(28)19-20(27)18(13-16-14-26-21-17(16)9-6-11-24-21)30-22(19)25-12-10-15-7-4-3-5-8-15/h3-9,11,13-14,25,27H,2,10,12H2,1H3. The molecule has 0 fully saturated rings. The van der Waals surface area contributed by atoms with Crippen LogP contribution < -0.4 is 5.32 Å². The van der Waals surface area contributed by atoms with Gasteiger partial charge in [0.25, 0.3) is 0 Å². The van der Waals surface area contributed by atoms with Crippen molar-refractivity contribution in [3.05, 3.63) is 71.1 Å². The van der Waals surface area contributed by atoms with Gasteiger partial charge in [-0.1, -0.05) is 30.3 Å². The molecule has 0 saturated carbocycles. The molecule has 7 nitrogen and oxygen atoms in total. The summed E-state index contributed by atoms with van der Waals surface area (Å²) in [6.07, 6.45) is 5.67. The van der Waals surface area contributed by atoms with Gasteiger partial charge in [0.05, 0.1) is 6.61 Å². The first-order valence-electron chi connectivity index (χ1n) is 9.69. The highest BCUT2D eigenvalue weighted by Crippen LogP contribution is 2.38. The third kappa shape index (κ3) is 3.96. The van der Waals surface area contributed by atoms with E-state index in [9.17, 15) is 9.90 Å². The number of aromatic nitrogens is 1. The molecule has 3 heterocycles. The van der Waals surface area contributed by atoms with Crippen molar-refractivity contribution in [1.82, 2.24) is 4.98 Å². The molecule has 1 aliphatic rings. The Hall–Kier alpha value is -3.87. The number of pyridine rings is 1. The van der Waals surface area contributed by atoms with Gasteiger partial charge in [0.1, 0.15) is 0 Å². The minimum Gasteiger partial charge on any atom is -0.504 e. The molecule has 0 unspecified atom stereocenters. The third-order valence-corrected chi connectivity index (χ3v) is 4.64. The maximum absolute atomic E-state index is 12.4. The van der Waals surface area contributed by atoms with E-state index in [0.717, 1.165) is 23.1 Å². The molecule has 0 bridgehead atoms. The Labute approximate surface area is 173 Å². The average molecular weight is 403 g/mol. The number of nitrogens with one attached hydrogen (secondary N) is 1. The Morgan fingerprint density at radius 1 is 1.23 bits per heavy atom. The number of allylic oxidation sites excluding steroid dienone is 1. The van der Waals surface area contributed by atoms with Crippen molar-refractivity contribution in [3.8, 4) is 5.75 Å². The molecular weight excluding hydrogens is 382 g/mol. The molecule has 0 aliphatic carbocycles. The topological polar surface area (TPSA) is 97.0 Å². The lowest BCUT2D eigenvalue weighted by Crippen LogP contribution is -2.10. The smallest absolute Gasteiger partial charge is 0.347 e. The Morgan fingerprint density at radius 2 is 2.07 bits per heavy atom. The van der Waals surface area contributed by atoms with Gasteiger partial charge in [0.2, 0.25) is 5.88 Å². The number of rotatable bonds is 7. The van der Waals surface area contributed by atoms with Crippen LogP contribution in [0.15, 0.2) is 58.1 Å². The van der Waals surface area contributed by atoms with Crippen molar-refractivity contribution in [2.24, 2.45) is 4.99 Å². The van der Waals surface area contributed by atoms with E-state index >= 15 is 0 Å². The second-order valence-electron chi connectivity index (χ2n) is 6.63. The van der Waals surface area contributed by atoms with E-state index in [0.29, 0.717) is 12.4 Å². The van der Waals surface area contributed by atoms with Crippen LogP contribution in [0.3, 0.4) is 0 Å². The molecule has 1 aromatic carbocycles. The van der Waals surface area contributed by atoms with Crippen LogP contribution in [0.25, 0.3) is 11.6 Å². The van der Waals surface area contributed by atoms with Gasteiger partial charge in [-0.25, -0.2) is 14.8 Å². The highest BCUT2D eigenvalue weighted by Gasteiger charge is 2.27. The zero-order valence-corrected chi connectivity index (χ0v) is 16.5. The monoisotopic (exact) mass is 403 g/mol. The molecular formula is C23H21N3O4. The van der Waals surface area contributed by atoms with E-state index in [4.69, 9.17) is 9.15 Å². The van der Waals surface area contributed by atoms with Gasteiger partial charge >= 0.3 is 5.97 Å². The van der Waals surface area contributed by atoms with E-state index in [2.05, 4.69) is 15.3 Å². The highest BCUT2D eigenvalue weighted by atomic mass is 16.5. The van der Waals surface area contributed by atoms with Crippen LogP contribution in [0.2, 0.25) is 0 Å². The van der Waals surface area contributed by atoms with Gasteiger partial charge in [-0.05, 0) is 37.1 Å². The largest absolute Gasteiger partial charge is 0.504 e. The predicted octanol–water partition coefficient (Wildman–Crippen LogP) is 4.47. The Bertz CT molecular complexity index is 1120. The van der Waals surface area contributed by atoms with E-state index in [1.165, 1.54) is 0 Å². The van der Waals surface area contributed by atoms with E-state index < -0.39 is 5.97 Å². The van der Waals surface area contributed by atoms with Crippen molar-refractivity contribution in [3.63, 3.8) is 0 Å². The summed E-state index contributed by atoms with van der Waals surface area (Å²) in [5, 5.41) is 13.8. The number of aliphatic imine (C=N–C) groups is 1. The van der Waals surface area contributed by atoms with Crippen LogP contribution in [-0.4, -0.2) is 35.4 Å². The fourth-order valence-electron chi connectivity index (χ4n) is 3.20. The number of furan rings is 1. The maximum atomic E-state index is 12.4. The summed E-state index contributed by atoms with van der Waals surface area (Å²) in [4.78, 5) is 20.9. The number of anilines is 1. The molecule has 30 heavy (non-hydrogen) atoms. The van der Waals surface area contributed by atoms with Crippen molar-refractivity contribution in [2.45, 2.75) is 13.3 Å². The molecule has 7 heteroatoms. The predicted molar refractivity (Wildman–Crippen MR) is 115 cm³/mol. The molecule has 0 spiro atoms. The molecule has 3 aromatic rings. The Kier molecular flexibility index (Phi) is 5.61. The van der Waals surface area contributed by atoms with Gasteiger partial charge in [0.15, 0.2) is 22.9 Å². The van der Waals surface area contributed by atoms with Crippen LogP contribution in [0.1, 0.15) is 34.2 Å². The number of carbonyl (C=O) groups is 1. The first-order chi connectivity index (χ1) is 14.7. The lowest BCUT2D eigenvalue weighted by molar-refractivity contribution is 0.0524. The van der Waals surface area contributed by atoms with E-state index in [1.54, 1.807) is 25.4 Å². The van der Waals surface area contributed by atoms with Crippen molar-refractivity contribution < 1.29 is 19.1 Å². The second-order valence-corrected chi connectivity index (χ2v) is 6.63. The van der Waals surface area contributed by atoms with Crippen molar-refractivity contribution in [2.75, 3.05) is 18.5 Å². The minimum atomic E-state index is -0.646. The number of hydrogen-bond acceptors (Lipinski definition) is 7. The number of esters is 1. The van der Waals surface area contributed by atoms with Crippen LogP contribution in [0.5, 0.6) is 5.75 Å². The number of nitrogens with zero attached hydrogens (tertiary/aromatic N) is 2. The molecule has 0 amide bonds. The number of carbonyl (C=O) groups excluding carboxylic acids is 1. The van der Waals surface area contributed by atoms with Crippen molar-refractivity contribution >= 4 is 35.5 Å². The number of fused-ring (bicyclic) bond motifs is 1. The highest BCUT2D eigenvalue weighted by molar-refractivity contribution is 6.21. The molecule has 0 saturated heterocycles. The Morgan fingerprint density at radius 3 is 2.87 bits per heavy atom. The van der Waals surface area contributed by atoms with Crippen LogP contribution in [0.4, 0.5) is 11.7 Å². The molecule has 0 radical (unpaired) electrons. The van der Waals surface area contributed by atoms with Crippen LogP contribution in [-0.2, 0) is 11.2 Å². The summed E-state index contributed by atoms with van der Waals surface area (Å²) in [6, 6.07) is 13.6. The fraction of sp³-hybridized carbons (Fsp3) is 0.174.